The van der Waals surface area contributed by atoms with E-state index in [0.29, 0.717) is 5.82 Å². The minimum atomic E-state index is 0.694. The zero-order valence-corrected chi connectivity index (χ0v) is 28.2. The van der Waals surface area contributed by atoms with Crippen LogP contribution in [0.1, 0.15) is 0 Å². The maximum atomic E-state index is 5.16. The monoisotopic (exact) mass is 661 g/mol. The Morgan fingerprint density at radius 2 is 0.885 bits per heavy atom. The third-order valence-corrected chi connectivity index (χ3v) is 10.2. The average Bonchev–Trinajstić information content (AvgIpc) is 3.23. The van der Waals surface area contributed by atoms with Crippen molar-refractivity contribution in [2.75, 3.05) is 0 Å². The molecule has 3 heteroatoms. The van der Waals surface area contributed by atoms with Crippen LogP contribution in [0.4, 0.5) is 0 Å². The summed E-state index contributed by atoms with van der Waals surface area (Å²) in [5.74, 6) is 0.694. The van der Waals surface area contributed by atoms with Gasteiger partial charge < -0.3 is 0 Å². The summed E-state index contributed by atoms with van der Waals surface area (Å²) in [4.78, 5) is 14.8. The van der Waals surface area contributed by atoms with Crippen LogP contribution in [-0.4, -0.2) is 15.0 Å². The van der Waals surface area contributed by atoms with E-state index in [1.165, 1.54) is 48.8 Å². The van der Waals surface area contributed by atoms with Gasteiger partial charge in [0.15, 0.2) is 5.82 Å². The fourth-order valence-electron chi connectivity index (χ4n) is 7.57. The first-order chi connectivity index (χ1) is 25.8. The smallest absolute Gasteiger partial charge is 0.160 e. The van der Waals surface area contributed by atoms with Crippen LogP contribution in [0.5, 0.6) is 0 Å². The van der Waals surface area contributed by atoms with Gasteiger partial charge in [0, 0.05) is 40.0 Å². The summed E-state index contributed by atoms with van der Waals surface area (Å²) in [5, 5.41) is 9.82. The van der Waals surface area contributed by atoms with Crippen LogP contribution < -0.4 is 0 Å². The van der Waals surface area contributed by atoms with Crippen LogP contribution in [0.25, 0.3) is 99.2 Å². The van der Waals surface area contributed by atoms with E-state index in [9.17, 15) is 0 Å². The minimum Gasteiger partial charge on any atom is -0.263 e. The molecule has 242 valence electrons. The van der Waals surface area contributed by atoms with Crippen molar-refractivity contribution in [3.05, 3.63) is 188 Å². The van der Waals surface area contributed by atoms with Crippen LogP contribution in [0.2, 0.25) is 0 Å². The number of aromatic nitrogens is 3. The molecule has 8 aromatic carbocycles. The van der Waals surface area contributed by atoms with Crippen LogP contribution in [-0.2, 0) is 0 Å². The fraction of sp³-hybridized carbons (Fsp3) is 0. The highest BCUT2D eigenvalue weighted by Crippen LogP contribution is 2.40. The quantitative estimate of drug-likeness (QED) is 0.136. The lowest BCUT2D eigenvalue weighted by Crippen LogP contribution is -1.96. The molecule has 0 atom stereocenters. The van der Waals surface area contributed by atoms with Crippen molar-refractivity contribution in [2.45, 2.75) is 0 Å². The Kier molecular flexibility index (Phi) is 7.14. The summed E-state index contributed by atoms with van der Waals surface area (Å²) in [6.07, 6.45) is 3.86. The van der Waals surface area contributed by atoms with E-state index in [2.05, 4.69) is 175 Å². The largest absolute Gasteiger partial charge is 0.263 e. The van der Waals surface area contributed by atoms with Crippen LogP contribution >= 0.6 is 0 Å². The highest BCUT2D eigenvalue weighted by molar-refractivity contribution is 6.20. The van der Waals surface area contributed by atoms with Gasteiger partial charge in [-0.1, -0.05) is 164 Å². The molecule has 3 nitrogen and oxygen atoms in total. The molecule has 0 N–H and O–H groups in total. The lowest BCUT2D eigenvalue weighted by Gasteiger charge is -2.15. The van der Waals surface area contributed by atoms with Crippen molar-refractivity contribution in [2.24, 2.45) is 0 Å². The Balaban J connectivity index is 1.08. The highest BCUT2D eigenvalue weighted by atomic mass is 14.9. The number of fused-ring (bicyclic) bond motifs is 5. The van der Waals surface area contributed by atoms with Crippen molar-refractivity contribution in [3.63, 3.8) is 0 Å². The standard InChI is InChI=1S/C49H31N3/c1-2-11-34(12-3-1)46-29-47(35-20-18-33(19-21-35)45-31-50-30-39-14-6-8-16-41(39)45)52-49(51-46)37-24-22-36(23-25-37)48-42-17-9-5-13-38(42)28-44-40-15-7-4-10-32(40)26-27-43(44)48/h1-31H. The molecule has 0 aliphatic rings. The predicted octanol–water partition coefficient (Wildman–Crippen LogP) is 12.8. The second kappa shape index (κ2) is 12.4. The van der Waals surface area contributed by atoms with E-state index in [0.717, 1.165) is 44.6 Å². The summed E-state index contributed by atoms with van der Waals surface area (Å²) >= 11 is 0. The number of nitrogens with zero attached hydrogens (tertiary/aromatic N) is 3. The van der Waals surface area contributed by atoms with Gasteiger partial charge in [-0.25, -0.2) is 9.97 Å². The highest BCUT2D eigenvalue weighted by Gasteiger charge is 2.15. The van der Waals surface area contributed by atoms with Gasteiger partial charge in [0.2, 0.25) is 0 Å². The number of benzene rings is 8. The molecule has 0 aliphatic carbocycles. The minimum absolute atomic E-state index is 0.694. The number of hydrogen-bond acceptors (Lipinski definition) is 3. The topological polar surface area (TPSA) is 38.7 Å². The molecule has 2 heterocycles. The molecule has 0 bridgehead atoms. The van der Waals surface area contributed by atoms with Crippen LogP contribution in [0, 0.1) is 0 Å². The van der Waals surface area contributed by atoms with E-state index in [-0.39, 0.29) is 0 Å². The van der Waals surface area contributed by atoms with Crippen molar-refractivity contribution in [1.29, 1.82) is 0 Å². The van der Waals surface area contributed by atoms with Crippen molar-refractivity contribution in [3.8, 4) is 56.2 Å². The summed E-state index contributed by atoms with van der Waals surface area (Å²) < 4.78 is 0. The molecule has 52 heavy (non-hydrogen) atoms. The fourth-order valence-corrected chi connectivity index (χ4v) is 7.57. The third-order valence-electron chi connectivity index (χ3n) is 10.2. The first kappa shape index (κ1) is 29.9. The van der Waals surface area contributed by atoms with Gasteiger partial charge in [-0.05, 0) is 66.5 Å². The Labute approximate surface area is 301 Å². The molecule has 0 radical (unpaired) electrons. The van der Waals surface area contributed by atoms with Gasteiger partial charge in [-0.15, -0.1) is 0 Å². The van der Waals surface area contributed by atoms with E-state index in [1.54, 1.807) is 0 Å². The van der Waals surface area contributed by atoms with Gasteiger partial charge in [-0.2, -0.15) is 0 Å². The second-order valence-electron chi connectivity index (χ2n) is 13.2. The summed E-state index contributed by atoms with van der Waals surface area (Å²) in [7, 11) is 0. The molecule has 0 spiro atoms. The first-order valence-electron chi connectivity index (χ1n) is 17.6. The van der Waals surface area contributed by atoms with Crippen LogP contribution in [0.3, 0.4) is 0 Å². The van der Waals surface area contributed by atoms with Gasteiger partial charge in [0.1, 0.15) is 0 Å². The second-order valence-corrected chi connectivity index (χ2v) is 13.2. The molecule has 10 rings (SSSR count). The van der Waals surface area contributed by atoms with Crippen molar-refractivity contribution < 1.29 is 0 Å². The Hall–Kier alpha value is -6.97. The van der Waals surface area contributed by atoms with Crippen molar-refractivity contribution in [1.82, 2.24) is 15.0 Å². The molecule has 0 fully saturated rings. The van der Waals surface area contributed by atoms with E-state index < -0.39 is 0 Å². The van der Waals surface area contributed by atoms with Crippen LogP contribution in [0.15, 0.2) is 188 Å². The maximum Gasteiger partial charge on any atom is 0.160 e. The zero-order valence-electron chi connectivity index (χ0n) is 28.2. The number of rotatable bonds is 5. The molecule has 0 aliphatic heterocycles. The first-order valence-corrected chi connectivity index (χ1v) is 17.6. The summed E-state index contributed by atoms with van der Waals surface area (Å²) in [5.41, 5.74) is 9.46. The summed E-state index contributed by atoms with van der Waals surface area (Å²) in [6.45, 7) is 0. The molecular formula is C49H31N3. The number of hydrogen-bond donors (Lipinski definition) is 0. The lowest BCUT2D eigenvalue weighted by atomic mass is 9.89. The van der Waals surface area contributed by atoms with Gasteiger partial charge in [0.25, 0.3) is 0 Å². The van der Waals surface area contributed by atoms with Gasteiger partial charge >= 0.3 is 0 Å². The molecular weight excluding hydrogens is 631 g/mol. The number of pyridine rings is 1. The van der Waals surface area contributed by atoms with Gasteiger partial charge in [0.05, 0.1) is 11.4 Å². The Bertz CT molecular complexity index is 2930. The van der Waals surface area contributed by atoms with Gasteiger partial charge in [-0.3, -0.25) is 4.98 Å². The predicted molar refractivity (Wildman–Crippen MR) is 217 cm³/mol. The molecule has 0 amide bonds. The SMILES string of the molecule is c1ccc(-c2cc(-c3ccc(-c4cncc5ccccc45)cc3)nc(-c3ccc(-c4c5ccccc5cc5c4ccc4ccccc45)cc3)n2)cc1. The molecule has 0 saturated carbocycles. The van der Waals surface area contributed by atoms with E-state index in [4.69, 9.17) is 9.97 Å². The maximum absolute atomic E-state index is 5.16. The zero-order chi connectivity index (χ0) is 34.4. The van der Waals surface area contributed by atoms with E-state index >= 15 is 0 Å². The molecule has 0 saturated heterocycles. The summed E-state index contributed by atoms with van der Waals surface area (Å²) in [6, 6.07) is 62.4. The molecule has 10 aromatic rings. The molecule has 0 unspecified atom stereocenters. The Morgan fingerprint density at radius 1 is 0.308 bits per heavy atom. The Morgan fingerprint density at radius 3 is 1.65 bits per heavy atom. The lowest BCUT2D eigenvalue weighted by molar-refractivity contribution is 1.18. The normalized spacial score (nSPS) is 11.5. The van der Waals surface area contributed by atoms with Crippen molar-refractivity contribution >= 4 is 43.1 Å². The third kappa shape index (κ3) is 5.19. The molecule has 2 aromatic heterocycles. The van der Waals surface area contributed by atoms with E-state index in [1.807, 2.05) is 18.5 Å². The average molecular weight is 662 g/mol.